The summed E-state index contributed by atoms with van der Waals surface area (Å²) in [5.74, 6) is 1.48. The van der Waals surface area contributed by atoms with E-state index in [1.807, 2.05) is 42.2 Å². The molecule has 3 heterocycles. The number of aryl methyl sites for hydroxylation is 1. The molecule has 3 aromatic rings. The quantitative estimate of drug-likeness (QED) is 0.303. The summed E-state index contributed by atoms with van der Waals surface area (Å²) in [6, 6.07) is 10.0. The first-order valence-electron chi connectivity index (χ1n) is 11.6. The van der Waals surface area contributed by atoms with Gasteiger partial charge in [-0.2, -0.15) is 0 Å². The summed E-state index contributed by atoms with van der Waals surface area (Å²) in [4.78, 5) is 23.4. The molecule has 1 aliphatic heterocycles. The molecule has 1 saturated heterocycles. The molecule has 0 spiro atoms. The van der Waals surface area contributed by atoms with Crippen LogP contribution in [0.5, 0.6) is 5.75 Å². The molecular weight excluding hydrogens is 562 g/mol. The summed E-state index contributed by atoms with van der Waals surface area (Å²) < 4.78 is 18.6. The lowest BCUT2D eigenvalue weighted by molar-refractivity contribution is -0.130. The molecular formula is C25H30FIN6O2. The van der Waals surface area contributed by atoms with E-state index in [1.165, 1.54) is 0 Å². The smallest absolute Gasteiger partial charge is 0.246 e. The fourth-order valence-electron chi connectivity index (χ4n) is 4.22. The molecule has 0 bridgehead atoms. The van der Waals surface area contributed by atoms with Gasteiger partial charge >= 0.3 is 0 Å². The predicted octanol–water partition coefficient (Wildman–Crippen LogP) is 3.66. The first-order valence-corrected chi connectivity index (χ1v) is 12.7. The minimum Gasteiger partial charge on any atom is -0.489 e. The van der Waals surface area contributed by atoms with Crippen LogP contribution in [0.3, 0.4) is 0 Å². The van der Waals surface area contributed by atoms with Crippen LogP contribution >= 0.6 is 22.6 Å². The number of H-pyrrole nitrogens is 1. The van der Waals surface area contributed by atoms with Crippen molar-refractivity contribution in [2.75, 3.05) is 32.9 Å². The number of aromatic amines is 1. The largest absolute Gasteiger partial charge is 0.489 e. The lowest BCUT2D eigenvalue weighted by atomic mass is 10.1. The number of hydrogen-bond donors (Lipinski definition) is 1. The number of benzene rings is 1. The molecule has 0 aliphatic carbocycles. The van der Waals surface area contributed by atoms with E-state index in [-0.39, 0.29) is 18.6 Å². The van der Waals surface area contributed by atoms with E-state index < -0.39 is 6.67 Å². The third-order valence-corrected chi connectivity index (χ3v) is 6.59. The highest BCUT2D eigenvalue weighted by atomic mass is 127. The van der Waals surface area contributed by atoms with Crippen molar-refractivity contribution in [2.24, 2.45) is 0 Å². The van der Waals surface area contributed by atoms with Gasteiger partial charge in [-0.3, -0.25) is 19.8 Å². The lowest BCUT2D eigenvalue weighted by Gasteiger charge is -2.39. The minimum absolute atomic E-state index is 0.0186. The van der Waals surface area contributed by atoms with E-state index in [2.05, 4.69) is 55.7 Å². The number of halogens is 2. The van der Waals surface area contributed by atoms with Gasteiger partial charge in [0.2, 0.25) is 5.91 Å². The maximum atomic E-state index is 13.0. The topological polar surface area (TPSA) is 79.3 Å². The second-order valence-electron chi connectivity index (χ2n) is 8.67. The van der Waals surface area contributed by atoms with Crippen molar-refractivity contribution in [1.29, 1.82) is 0 Å². The monoisotopic (exact) mass is 592 g/mol. The third kappa shape index (κ3) is 6.91. The summed E-state index contributed by atoms with van der Waals surface area (Å²) in [6.07, 6.45) is 5.21. The van der Waals surface area contributed by atoms with E-state index in [0.29, 0.717) is 25.4 Å². The normalized spacial score (nSPS) is 16.8. The van der Waals surface area contributed by atoms with Crippen LogP contribution in [0.4, 0.5) is 4.39 Å². The lowest BCUT2D eigenvalue weighted by Crippen LogP contribution is -2.53. The molecule has 2 aromatic heterocycles. The van der Waals surface area contributed by atoms with Gasteiger partial charge in [0, 0.05) is 41.9 Å². The van der Waals surface area contributed by atoms with Crippen molar-refractivity contribution < 1.29 is 13.9 Å². The van der Waals surface area contributed by atoms with Gasteiger partial charge < -0.3 is 9.64 Å². The number of ether oxygens (including phenoxy) is 1. The number of nitrogens with one attached hydrogen (secondary N) is 1. The van der Waals surface area contributed by atoms with Gasteiger partial charge in [-0.1, -0.05) is 6.07 Å². The van der Waals surface area contributed by atoms with Gasteiger partial charge in [-0.15, -0.1) is 5.10 Å². The molecule has 186 valence electrons. The zero-order valence-electron chi connectivity index (χ0n) is 20.0. The van der Waals surface area contributed by atoms with Gasteiger partial charge in [0.05, 0.1) is 18.4 Å². The standard InChI is InChI=1S/C25H30FIN6O2/c1-18-15-31(17-23-6-7-24(14-28-23)35-12-9-26)10-11-32(18)25(34)8-4-20-3-5-22(27)13-21(20)16-33-29-19(2)30-33/h3-8,13-14,18H,9-12,15-17H2,1-2H3,(H,29,30)/b8-4+/t18-/m1/s1. The highest BCUT2D eigenvalue weighted by Crippen LogP contribution is 2.19. The molecule has 0 saturated carbocycles. The number of carbonyl (C=O) groups is 1. The van der Waals surface area contributed by atoms with Crippen LogP contribution < -0.4 is 4.74 Å². The van der Waals surface area contributed by atoms with Crippen LogP contribution in [0.1, 0.15) is 29.6 Å². The van der Waals surface area contributed by atoms with Gasteiger partial charge in [0.15, 0.2) is 0 Å². The molecule has 10 heteroatoms. The molecule has 8 nitrogen and oxygen atoms in total. The summed E-state index contributed by atoms with van der Waals surface area (Å²) >= 11 is 2.30. The van der Waals surface area contributed by atoms with Crippen LogP contribution in [0.25, 0.3) is 6.08 Å². The number of alkyl halides is 1. The van der Waals surface area contributed by atoms with Crippen LogP contribution in [-0.2, 0) is 17.9 Å². The van der Waals surface area contributed by atoms with Gasteiger partial charge in [0.25, 0.3) is 0 Å². The molecule has 1 amide bonds. The van der Waals surface area contributed by atoms with Crippen LogP contribution in [0, 0.1) is 10.5 Å². The Kier molecular flexibility index (Phi) is 8.55. The molecule has 1 aromatic carbocycles. The molecule has 1 fully saturated rings. The van der Waals surface area contributed by atoms with E-state index in [1.54, 1.807) is 17.1 Å². The molecule has 35 heavy (non-hydrogen) atoms. The Hall–Kier alpha value is -2.73. The second-order valence-corrected chi connectivity index (χ2v) is 9.92. The number of piperazine rings is 1. The van der Waals surface area contributed by atoms with Gasteiger partial charge in [-0.05, 0) is 77.9 Å². The van der Waals surface area contributed by atoms with E-state index in [4.69, 9.17) is 4.74 Å². The summed E-state index contributed by atoms with van der Waals surface area (Å²) in [7, 11) is 0. The molecule has 0 unspecified atom stereocenters. The second kappa shape index (κ2) is 11.8. The van der Waals surface area contributed by atoms with Crippen molar-refractivity contribution >= 4 is 34.6 Å². The van der Waals surface area contributed by atoms with Crippen LogP contribution in [-0.4, -0.2) is 74.6 Å². The van der Waals surface area contributed by atoms with E-state index in [0.717, 1.165) is 39.3 Å². The first-order chi connectivity index (χ1) is 16.9. The Morgan fingerprint density at radius 2 is 2.11 bits per heavy atom. The fraction of sp³-hybridized carbons (Fsp3) is 0.400. The van der Waals surface area contributed by atoms with Gasteiger partial charge in [0.1, 0.15) is 24.9 Å². The first kappa shape index (κ1) is 25.4. The van der Waals surface area contributed by atoms with Crippen LogP contribution in [0.15, 0.2) is 42.6 Å². The van der Waals surface area contributed by atoms with Crippen molar-refractivity contribution in [3.8, 4) is 5.75 Å². The Balaban J connectivity index is 1.33. The van der Waals surface area contributed by atoms with Crippen LogP contribution in [0.2, 0.25) is 0 Å². The molecule has 4 rings (SSSR count). The predicted molar refractivity (Wildman–Crippen MR) is 141 cm³/mol. The number of nitrogens with zero attached hydrogens (tertiary/aromatic N) is 5. The zero-order chi connectivity index (χ0) is 24.8. The van der Waals surface area contributed by atoms with E-state index in [9.17, 15) is 9.18 Å². The van der Waals surface area contributed by atoms with Crippen molar-refractivity contribution in [2.45, 2.75) is 33.0 Å². The van der Waals surface area contributed by atoms with Crippen molar-refractivity contribution in [3.05, 3.63) is 68.8 Å². The summed E-state index contributed by atoms with van der Waals surface area (Å²) in [5, 5.41) is 7.47. The van der Waals surface area contributed by atoms with Crippen molar-refractivity contribution in [3.63, 3.8) is 0 Å². The van der Waals surface area contributed by atoms with E-state index >= 15 is 0 Å². The average molecular weight is 592 g/mol. The average Bonchev–Trinajstić information content (AvgIpc) is 2.82. The Labute approximate surface area is 218 Å². The molecule has 1 aliphatic rings. The number of aromatic nitrogens is 4. The van der Waals surface area contributed by atoms with Gasteiger partial charge in [-0.25, -0.2) is 9.19 Å². The number of hydrogen-bond acceptors (Lipinski definition) is 5. The minimum atomic E-state index is -0.519. The summed E-state index contributed by atoms with van der Waals surface area (Å²) in [6.45, 7) is 7.06. The zero-order valence-corrected chi connectivity index (χ0v) is 22.1. The maximum absolute atomic E-state index is 13.0. The highest BCUT2D eigenvalue weighted by molar-refractivity contribution is 14.1. The maximum Gasteiger partial charge on any atom is 0.246 e. The molecule has 0 radical (unpaired) electrons. The number of rotatable bonds is 9. The number of carbonyl (C=O) groups excluding carboxylic acids is 1. The Morgan fingerprint density at radius 3 is 2.80 bits per heavy atom. The Bertz CT molecular complexity index is 1150. The number of pyridine rings is 1. The Morgan fingerprint density at radius 1 is 1.29 bits per heavy atom. The SMILES string of the molecule is Cc1nn(Cc2cc(I)ccc2/C=C/C(=O)N2CCN(Cc3ccc(OCCF)cn3)C[C@H]2C)[nH]1. The fourth-order valence-corrected chi connectivity index (χ4v) is 4.77. The summed E-state index contributed by atoms with van der Waals surface area (Å²) in [5.41, 5.74) is 3.04. The molecule has 1 N–H and O–H groups in total. The number of amides is 1. The highest BCUT2D eigenvalue weighted by Gasteiger charge is 2.26. The molecule has 1 atom stereocenters. The third-order valence-electron chi connectivity index (χ3n) is 5.92. The van der Waals surface area contributed by atoms with Crippen molar-refractivity contribution in [1.82, 2.24) is 29.8 Å².